The van der Waals surface area contributed by atoms with Gasteiger partial charge >= 0.3 is 0 Å². The van der Waals surface area contributed by atoms with Gasteiger partial charge in [0, 0.05) is 22.6 Å². The lowest BCUT2D eigenvalue weighted by atomic mass is 10.1. The van der Waals surface area contributed by atoms with Crippen molar-refractivity contribution >= 4 is 53.1 Å². The Labute approximate surface area is 165 Å². The summed E-state index contributed by atoms with van der Waals surface area (Å²) in [6, 6.07) is 6.11. The van der Waals surface area contributed by atoms with Gasteiger partial charge in [0.1, 0.15) is 0 Å². The van der Waals surface area contributed by atoms with Gasteiger partial charge in [-0.2, -0.15) is 0 Å². The summed E-state index contributed by atoms with van der Waals surface area (Å²) >= 11 is 12.0. The van der Waals surface area contributed by atoms with Crippen LogP contribution < -0.4 is 11.1 Å². The van der Waals surface area contributed by atoms with Crippen molar-refractivity contribution in [1.29, 1.82) is 0 Å². The first-order chi connectivity index (χ1) is 10.6. The maximum Gasteiger partial charge on any atom is 0.188 e. The Balaban J connectivity index is 0.00000264. The summed E-state index contributed by atoms with van der Waals surface area (Å²) in [5, 5.41) is 4.46. The fourth-order valence-electron chi connectivity index (χ4n) is 2.87. The molecule has 1 aliphatic heterocycles. The molecule has 2 rings (SSSR count). The van der Waals surface area contributed by atoms with Crippen LogP contribution in [-0.2, 0) is 6.42 Å². The maximum atomic E-state index is 5.98. The Kier molecular flexibility index (Phi) is 9.58. The van der Waals surface area contributed by atoms with Gasteiger partial charge in [-0.15, -0.1) is 24.0 Å². The van der Waals surface area contributed by atoms with Crippen molar-refractivity contribution in [2.24, 2.45) is 10.7 Å². The molecule has 4 nitrogen and oxygen atoms in total. The third kappa shape index (κ3) is 7.03. The second-order valence-corrected chi connectivity index (χ2v) is 6.48. The predicted molar refractivity (Wildman–Crippen MR) is 110 cm³/mol. The minimum absolute atomic E-state index is 0. The second-order valence-electron chi connectivity index (χ2n) is 5.61. The van der Waals surface area contributed by atoms with Gasteiger partial charge in [0.2, 0.25) is 0 Å². The molecule has 0 bridgehead atoms. The quantitative estimate of drug-likeness (QED) is 0.379. The maximum absolute atomic E-state index is 5.98. The number of hydrogen-bond acceptors (Lipinski definition) is 2. The van der Waals surface area contributed by atoms with E-state index in [9.17, 15) is 0 Å². The van der Waals surface area contributed by atoms with E-state index < -0.39 is 0 Å². The average Bonchev–Trinajstić information content (AvgIpc) is 2.91. The number of likely N-dealkylation sites (N-methyl/N-ethyl adjacent to an activating group) is 1. The van der Waals surface area contributed by atoms with Gasteiger partial charge in [0.05, 0.1) is 6.54 Å². The number of aliphatic imine (C=N–C) groups is 1. The van der Waals surface area contributed by atoms with Crippen LogP contribution in [0, 0.1) is 0 Å². The highest BCUT2D eigenvalue weighted by Crippen LogP contribution is 2.19. The number of rotatable bonds is 6. The smallest absolute Gasteiger partial charge is 0.188 e. The van der Waals surface area contributed by atoms with Crippen molar-refractivity contribution in [1.82, 2.24) is 10.2 Å². The summed E-state index contributed by atoms with van der Waals surface area (Å²) in [6.45, 7) is 5.95. The van der Waals surface area contributed by atoms with E-state index in [2.05, 4.69) is 22.1 Å². The van der Waals surface area contributed by atoms with Crippen LogP contribution in [0.5, 0.6) is 0 Å². The third-order valence-electron chi connectivity index (χ3n) is 4.02. The Morgan fingerprint density at radius 3 is 2.70 bits per heavy atom. The first kappa shape index (κ1) is 20.8. The molecule has 1 fully saturated rings. The molecule has 1 aromatic carbocycles. The van der Waals surface area contributed by atoms with Gasteiger partial charge in [0.15, 0.2) is 5.96 Å². The fraction of sp³-hybridized carbons (Fsp3) is 0.562. The molecule has 0 spiro atoms. The molecule has 0 radical (unpaired) electrons. The first-order valence-corrected chi connectivity index (χ1v) is 8.57. The molecular formula is C16H25Cl2IN4. The van der Waals surface area contributed by atoms with Crippen LogP contribution >= 0.6 is 47.2 Å². The number of nitrogens with two attached hydrogens (primary N) is 1. The first-order valence-electron chi connectivity index (χ1n) is 7.81. The Hall–Kier alpha value is -0.240. The van der Waals surface area contributed by atoms with Crippen LogP contribution in [0.3, 0.4) is 0 Å². The van der Waals surface area contributed by atoms with Gasteiger partial charge in [-0.1, -0.05) is 30.1 Å². The SMILES string of the molecule is CCN1CCCC1CN=C(N)NCCc1cc(Cl)cc(Cl)c1.I. The molecule has 1 unspecified atom stereocenters. The van der Waals surface area contributed by atoms with E-state index in [1.165, 1.54) is 19.4 Å². The lowest BCUT2D eigenvalue weighted by Gasteiger charge is -2.20. The highest BCUT2D eigenvalue weighted by molar-refractivity contribution is 14.0. The summed E-state index contributed by atoms with van der Waals surface area (Å²) < 4.78 is 0. The topological polar surface area (TPSA) is 53.6 Å². The molecular weight excluding hydrogens is 446 g/mol. The van der Waals surface area contributed by atoms with Crippen molar-refractivity contribution in [2.75, 3.05) is 26.2 Å². The fourth-order valence-corrected chi connectivity index (χ4v) is 3.44. The van der Waals surface area contributed by atoms with Crippen molar-refractivity contribution in [3.8, 4) is 0 Å². The van der Waals surface area contributed by atoms with Gasteiger partial charge in [-0.05, 0) is 56.1 Å². The van der Waals surface area contributed by atoms with E-state index in [0.29, 0.717) is 28.6 Å². The zero-order valence-electron chi connectivity index (χ0n) is 13.4. The van der Waals surface area contributed by atoms with Crippen molar-refractivity contribution < 1.29 is 0 Å². The van der Waals surface area contributed by atoms with Gasteiger partial charge in [-0.3, -0.25) is 9.89 Å². The summed E-state index contributed by atoms with van der Waals surface area (Å²) in [5.41, 5.74) is 7.02. The van der Waals surface area contributed by atoms with Crippen LogP contribution in [0.25, 0.3) is 0 Å². The molecule has 0 saturated carbocycles. The molecule has 3 N–H and O–H groups in total. The lowest BCUT2D eigenvalue weighted by molar-refractivity contribution is 0.273. The summed E-state index contributed by atoms with van der Waals surface area (Å²) in [4.78, 5) is 6.92. The molecule has 7 heteroatoms. The zero-order chi connectivity index (χ0) is 15.9. The average molecular weight is 471 g/mol. The van der Waals surface area contributed by atoms with Crippen LogP contribution in [0.15, 0.2) is 23.2 Å². The minimum atomic E-state index is 0. The molecule has 0 aliphatic carbocycles. The normalized spacial score (nSPS) is 18.7. The Morgan fingerprint density at radius 2 is 2.04 bits per heavy atom. The van der Waals surface area contributed by atoms with E-state index in [0.717, 1.165) is 25.1 Å². The number of hydrogen-bond donors (Lipinski definition) is 2. The Morgan fingerprint density at radius 1 is 1.35 bits per heavy atom. The van der Waals surface area contributed by atoms with E-state index in [-0.39, 0.29) is 24.0 Å². The molecule has 130 valence electrons. The van der Waals surface area contributed by atoms with Crippen molar-refractivity contribution in [3.63, 3.8) is 0 Å². The Bertz CT molecular complexity index is 505. The van der Waals surface area contributed by atoms with Crippen molar-refractivity contribution in [2.45, 2.75) is 32.2 Å². The monoisotopic (exact) mass is 470 g/mol. The zero-order valence-corrected chi connectivity index (χ0v) is 17.2. The number of nitrogens with one attached hydrogen (secondary N) is 1. The molecule has 23 heavy (non-hydrogen) atoms. The number of nitrogens with zero attached hydrogens (tertiary/aromatic N) is 2. The lowest BCUT2D eigenvalue weighted by Crippen LogP contribution is -2.36. The van der Waals surface area contributed by atoms with E-state index in [1.54, 1.807) is 6.07 Å². The highest BCUT2D eigenvalue weighted by Gasteiger charge is 2.22. The molecule has 1 aliphatic rings. The van der Waals surface area contributed by atoms with Gasteiger partial charge in [-0.25, -0.2) is 0 Å². The summed E-state index contributed by atoms with van der Waals surface area (Å²) in [6.07, 6.45) is 3.28. The van der Waals surface area contributed by atoms with Gasteiger partial charge in [0.25, 0.3) is 0 Å². The minimum Gasteiger partial charge on any atom is -0.370 e. The molecule has 0 aromatic heterocycles. The van der Waals surface area contributed by atoms with Gasteiger partial charge < -0.3 is 11.1 Å². The largest absolute Gasteiger partial charge is 0.370 e. The third-order valence-corrected chi connectivity index (χ3v) is 4.46. The molecule has 1 atom stereocenters. The van der Waals surface area contributed by atoms with E-state index in [1.807, 2.05) is 12.1 Å². The number of guanidine groups is 1. The number of halogens is 3. The summed E-state index contributed by atoms with van der Waals surface area (Å²) in [5.74, 6) is 0.510. The molecule has 1 saturated heterocycles. The second kappa shape index (κ2) is 10.6. The standard InChI is InChI=1S/C16H24Cl2N4.HI/c1-2-22-7-3-4-15(22)11-21-16(19)20-6-5-12-8-13(17)10-14(18)9-12;/h8-10,15H,2-7,11H2,1H3,(H3,19,20,21);1H. The molecule has 1 heterocycles. The highest BCUT2D eigenvalue weighted by atomic mass is 127. The predicted octanol–water partition coefficient (Wildman–Crippen LogP) is 3.54. The van der Waals surface area contributed by atoms with Crippen LogP contribution in [-0.4, -0.2) is 43.1 Å². The number of benzene rings is 1. The van der Waals surface area contributed by atoms with Crippen molar-refractivity contribution in [3.05, 3.63) is 33.8 Å². The van der Waals surface area contributed by atoms with Crippen LogP contribution in [0.2, 0.25) is 10.0 Å². The molecule has 0 amide bonds. The van der Waals surface area contributed by atoms with Crippen LogP contribution in [0.4, 0.5) is 0 Å². The van der Waals surface area contributed by atoms with E-state index >= 15 is 0 Å². The number of likely N-dealkylation sites (tertiary alicyclic amines) is 1. The molecule has 1 aromatic rings. The van der Waals surface area contributed by atoms with Crippen LogP contribution in [0.1, 0.15) is 25.3 Å². The summed E-state index contributed by atoms with van der Waals surface area (Å²) in [7, 11) is 0. The van der Waals surface area contributed by atoms with E-state index in [4.69, 9.17) is 28.9 Å².